The topological polar surface area (TPSA) is 91.7 Å². The Morgan fingerprint density at radius 2 is 2.14 bits per heavy atom. The number of rotatable bonds is 7. The Morgan fingerprint density at radius 3 is 2.73 bits per heavy atom. The molecule has 0 aliphatic heterocycles. The van der Waals surface area contributed by atoms with E-state index in [1.54, 1.807) is 6.20 Å². The summed E-state index contributed by atoms with van der Waals surface area (Å²) in [6.45, 7) is 10.4. The Kier molecular flexibility index (Phi) is 7.18. The largest absolute Gasteiger partial charge is 0.474 e. The molecular weight excluding hydrogens is 350 g/mol. The quantitative estimate of drug-likeness (QED) is 0.501. The molecule has 1 heterocycles. The van der Waals surface area contributed by atoms with Crippen LogP contribution in [0.4, 0.5) is 5.95 Å². The highest BCUT2D eigenvalue weighted by Crippen LogP contribution is 2.22. The lowest BCUT2D eigenvalue weighted by Gasteiger charge is -2.22. The van der Waals surface area contributed by atoms with Crippen molar-refractivity contribution in [3.8, 4) is 5.88 Å². The van der Waals surface area contributed by atoms with Gasteiger partial charge >= 0.3 is 0 Å². The summed E-state index contributed by atoms with van der Waals surface area (Å²) in [7, 11) is 0. The fraction of sp³-hybridized carbons (Fsp3) is 0.643. The molecule has 0 aromatic carbocycles. The molecule has 1 unspecified atom stereocenters. The van der Waals surface area contributed by atoms with E-state index in [0.717, 1.165) is 5.71 Å². The SMILES string of the molecule is CC(C)=NNc1ncc(Br)c(OCC(O)CNC(C)(C)C)n1. The van der Waals surface area contributed by atoms with Gasteiger partial charge in [0.1, 0.15) is 12.7 Å². The molecule has 0 radical (unpaired) electrons. The van der Waals surface area contributed by atoms with E-state index < -0.39 is 6.10 Å². The van der Waals surface area contributed by atoms with Crippen LogP contribution >= 0.6 is 15.9 Å². The van der Waals surface area contributed by atoms with Crippen molar-refractivity contribution in [2.24, 2.45) is 5.10 Å². The molecule has 0 saturated carbocycles. The first-order valence-corrected chi connectivity index (χ1v) is 7.82. The zero-order valence-corrected chi connectivity index (χ0v) is 15.2. The summed E-state index contributed by atoms with van der Waals surface area (Å²) < 4.78 is 6.15. The summed E-state index contributed by atoms with van der Waals surface area (Å²) >= 11 is 3.32. The molecule has 0 aliphatic rings. The number of nitrogens with zero attached hydrogens (tertiary/aromatic N) is 3. The first-order valence-electron chi connectivity index (χ1n) is 7.02. The number of nitrogens with one attached hydrogen (secondary N) is 2. The highest BCUT2D eigenvalue weighted by molar-refractivity contribution is 9.10. The molecule has 22 heavy (non-hydrogen) atoms. The van der Waals surface area contributed by atoms with Crippen molar-refractivity contribution < 1.29 is 9.84 Å². The van der Waals surface area contributed by atoms with Crippen molar-refractivity contribution in [2.45, 2.75) is 46.3 Å². The average molecular weight is 374 g/mol. The van der Waals surface area contributed by atoms with Crippen LogP contribution in [0.1, 0.15) is 34.6 Å². The average Bonchev–Trinajstić information content (AvgIpc) is 2.42. The highest BCUT2D eigenvalue weighted by Gasteiger charge is 2.14. The van der Waals surface area contributed by atoms with Crippen molar-refractivity contribution in [1.82, 2.24) is 15.3 Å². The first kappa shape index (κ1) is 18.8. The normalized spacial score (nSPS) is 12.7. The number of halogens is 1. The molecule has 3 N–H and O–H groups in total. The summed E-state index contributed by atoms with van der Waals surface area (Å²) in [5.74, 6) is 0.693. The maximum absolute atomic E-state index is 9.93. The van der Waals surface area contributed by atoms with Crippen LogP contribution in [-0.4, -0.2) is 45.6 Å². The van der Waals surface area contributed by atoms with E-state index >= 15 is 0 Å². The second-order valence-corrected chi connectivity index (χ2v) is 6.97. The van der Waals surface area contributed by atoms with E-state index in [-0.39, 0.29) is 12.1 Å². The molecule has 7 nitrogen and oxygen atoms in total. The number of aliphatic hydroxyl groups is 1. The van der Waals surface area contributed by atoms with E-state index in [0.29, 0.717) is 22.8 Å². The van der Waals surface area contributed by atoms with E-state index in [9.17, 15) is 5.11 Å². The number of ether oxygens (including phenoxy) is 1. The lowest BCUT2D eigenvalue weighted by atomic mass is 10.1. The fourth-order valence-electron chi connectivity index (χ4n) is 1.33. The third-order valence-corrected chi connectivity index (χ3v) is 2.92. The molecule has 1 rings (SSSR count). The second-order valence-electron chi connectivity index (χ2n) is 6.11. The van der Waals surface area contributed by atoms with Gasteiger partial charge in [0.15, 0.2) is 0 Å². The van der Waals surface area contributed by atoms with Crippen molar-refractivity contribution >= 4 is 27.6 Å². The number of hydrogen-bond donors (Lipinski definition) is 3. The Bertz CT molecular complexity index is 512. The molecular formula is C14H24BrN5O2. The van der Waals surface area contributed by atoms with Gasteiger partial charge in [-0.1, -0.05) is 0 Å². The van der Waals surface area contributed by atoms with Gasteiger partial charge in [-0.2, -0.15) is 10.1 Å². The van der Waals surface area contributed by atoms with Gasteiger partial charge in [-0.25, -0.2) is 10.4 Å². The predicted molar refractivity (Wildman–Crippen MR) is 91.4 cm³/mol. The van der Waals surface area contributed by atoms with E-state index in [4.69, 9.17) is 4.74 Å². The van der Waals surface area contributed by atoms with Crippen LogP contribution in [0.5, 0.6) is 5.88 Å². The van der Waals surface area contributed by atoms with E-state index in [2.05, 4.69) is 41.7 Å². The number of aliphatic hydroxyl groups excluding tert-OH is 1. The molecule has 0 aliphatic carbocycles. The van der Waals surface area contributed by atoms with E-state index in [1.165, 1.54) is 0 Å². The summed E-state index contributed by atoms with van der Waals surface area (Å²) in [6.07, 6.45) is 0.943. The van der Waals surface area contributed by atoms with Crippen molar-refractivity contribution in [2.75, 3.05) is 18.6 Å². The van der Waals surface area contributed by atoms with E-state index in [1.807, 2.05) is 34.6 Å². The first-order chi connectivity index (χ1) is 10.2. The molecule has 1 aromatic rings. The molecule has 0 saturated heterocycles. The Labute approximate surface area is 139 Å². The fourth-order valence-corrected chi connectivity index (χ4v) is 1.63. The van der Waals surface area contributed by atoms with Gasteiger partial charge in [-0.3, -0.25) is 0 Å². The lowest BCUT2D eigenvalue weighted by molar-refractivity contribution is 0.0973. The van der Waals surface area contributed by atoms with Crippen LogP contribution in [0.15, 0.2) is 15.8 Å². The third kappa shape index (κ3) is 7.67. The molecule has 8 heteroatoms. The minimum atomic E-state index is -0.631. The minimum Gasteiger partial charge on any atom is -0.474 e. The zero-order chi connectivity index (χ0) is 16.8. The van der Waals surface area contributed by atoms with Crippen LogP contribution in [0, 0.1) is 0 Å². The van der Waals surface area contributed by atoms with Gasteiger partial charge in [0.2, 0.25) is 11.8 Å². The summed E-state index contributed by atoms with van der Waals surface area (Å²) in [5, 5.41) is 17.2. The molecule has 0 bridgehead atoms. The molecule has 0 fully saturated rings. The van der Waals surface area contributed by atoms with Crippen LogP contribution in [0.2, 0.25) is 0 Å². The van der Waals surface area contributed by atoms with Gasteiger partial charge in [0.05, 0.1) is 10.7 Å². The van der Waals surface area contributed by atoms with Crippen LogP contribution in [0.3, 0.4) is 0 Å². The van der Waals surface area contributed by atoms with Crippen molar-refractivity contribution in [3.63, 3.8) is 0 Å². The number of anilines is 1. The van der Waals surface area contributed by atoms with Crippen LogP contribution in [0.25, 0.3) is 0 Å². The Hall–Kier alpha value is -1.25. The summed E-state index contributed by atoms with van der Waals surface area (Å²) in [6, 6.07) is 0. The van der Waals surface area contributed by atoms with Crippen LogP contribution in [-0.2, 0) is 0 Å². The second kappa shape index (κ2) is 8.40. The molecule has 124 valence electrons. The number of hydrogen-bond acceptors (Lipinski definition) is 7. The Balaban J connectivity index is 2.57. The van der Waals surface area contributed by atoms with Crippen LogP contribution < -0.4 is 15.5 Å². The van der Waals surface area contributed by atoms with Gasteiger partial charge in [-0.15, -0.1) is 0 Å². The maximum Gasteiger partial charge on any atom is 0.246 e. The number of β-amino-alcohol motifs (C(OH)–C–C–N with tert-alkyl or cyclic N) is 1. The lowest BCUT2D eigenvalue weighted by Crippen LogP contribution is -2.42. The van der Waals surface area contributed by atoms with Crippen molar-refractivity contribution in [3.05, 3.63) is 10.7 Å². The number of hydrazone groups is 1. The third-order valence-electron chi connectivity index (χ3n) is 2.37. The monoisotopic (exact) mass is 373 g/mol. The molecule has 1 aromatic heterocycles. The smallest absolute Gasteiger partial charge is 0.246 e. The summed E-state index contributed by atoms with van der Waals surface area (Å²) in [5.41, 5.74) is 3.54. The predicted octanol–water partition coefficient (Wildman–Crippen LogP) is 2.17. The maximum atomic E-state index is 9.93. The van der Waals surface area contributed by atoms with Gasteiger partial charge in [0, 0.05) is 17.8 Å². The van der Waals surface area contributed by atoms with Gasteiger partial charge in [-0.05, 0) is 50.5 Å². The minimum absolute atomic E-state index is 0.0520. The Morgan fingerprint density at radius 1 is 1.45 bits per heavy atom. The highest BCUT2D eigenvalue weighted by atomic mass is 79.9. The summed E-state index contributed by atoms with van der Waals surface area (Å²) in [4.78, 5) is 8.27. The molecule has 0 spiro atoms. The van der Waals surface area contributed by atoms with Gasteiger partial charge < -0.3 is 15.2 Å². The van der Waals surface area contributed by atoms with Crippen molar-refractivity contribution in [1.29, 1.82) is 0 Å². The standard InChI is InChI=1S/C14H24BrN5O2/c1-9(2)19-20-13-16-7-11(15)12(18-13)22-8-10(21)6-17-14(3,4)5/h7,10,17,21H,6,8H2,1-5H3,(H,16,18,20). The van der Waals surface area contributed by atoms with Gasteiger partial charge in [0.25, 0.3) is 0 Å². The molecule has 1 atom stereocenters. The number of aromatic nitrogens is 2. The molecule has 0 amide bonds. The zero-order valence-electron chi connectivity index (χ0n) is 13.6.